The first-order valence-electron chi connectivity index (χ1n) is 9.81. The number of hydrogen-bond donors (Lipinski definition) is 3. The Labute approximate surface area is 192 Å². The molecule has 1 fully saturated rings. The zero-order valence-electron chi connectivity index (χ0n) is 17.2. The van der Waals surface area contributed by atoms with Crippen LogP contribution < -0.4 is 15.4 Å². The molecule has 12 heteroatoms. The molecule has 3 rings (SSSR count). The van der Waals surface area contributed by atoms with E-state index in [0.29, 0.717) is 10.6 Å². The van der Waals surface area contributed by atoms with Gasteiger partial charge < -0.3 is 25.6 Å². The topological polar surface area (TPSA) is 168 Å². The number of aliphatic carboxylic acids is 2. The van der Waals surface area contributed by atoms with Crippen LogP contribution in [0.1, 0.15) is 17.3 Å². The molecule has 0 aliphatic carbocycles. The number of carboxylic acid groups (broad SMARTS) is 2. The van der Waals surface area contributed by atoms with Gasteiger partial charge >= 0.3 is 11.9 Å². The lowest BCUT2D eigenvalue weighted by Gasteiger charge is -2.45. The number of carbonyl (C=O) groups excluding carboxylic acids is 3. The third-order valence-corrected chi connectivity index (χ3v) is 6.00. The number of nitrogens with zero attached hydrogens (tertiary/aromatic N) is 2. The molecule has 1 aromatic heterocycles. The lowest BCUT2D eigenvalue weighted by Crippen LogP contribution is -2.66. The summed E-state index contributed by atoms with van der Waals surface area (Å²) < 4.78 is 5.43. The van der Waals surface area contributed by atoms with Gasteiger partial charge in [0, 0.05) is 17.0 Å². The maximum Gasteiger partial charge on any atom is 0.331 e. The first kappa shape index (κ1) is 23.9. The molecule has 33 heavy (non-hydrogen) atoms. The Morgan fingerprint density at radius 1 is 1.21 bits per heavy atom. The van der Waals surface area contributed by atoms with Crippen molar-refractivity contribution < 1.29 is 38.9 Å². The zero-order chi connectivity index (χ0) is 24.1. The average Bonchev–Trinajstić information content (AvgIpc) is 3.32. The van der Waals surface area contributed by atoms with Crippen LogP contribution in [0.3, 0.4) is 0 Å². The van der Waals surface area contributed by atoms with Gasteiger partial charge in [-0.25, -0.2) is 4.79 Å². The highest BCUT2D eigenvalue weighted by Gasteiger charge is 2.49. The molecule has 0 radical (unpaired) electrons. The summed E-state index contributed by atoms with van der Waals surface area (Å²) in [6.07, 6.45) is 0.176. The van der Waals surface area contributed by atoms with E-state index in [0.717, 1.165) is 9.80 Å². The van der Waals surface area contributed by atoms with Crippen LogP contribution in [0, 0.1) is 0 Å². The number of amides is 2. The van der Waals surface area contributed by atoms with Crippen LogP contribution in [0.25, 0.3) is 0 Å². The number of aldehydes is 1. The number of ether oxygens (including phenoxy) is 1. The van der Waals surface area contributed by atoms with E-state index >= 15 is 0 Å². The first-order chi connectivity index (χ1) is 15.7. The Morgan fingerprint density at radius 3 is 2.42 bits per heavy atom. The molecule has 11 nitrogen and oxygen atoms in total. The second kappa shape index (κ2) is 10.2. The van der Waals surface area contributed by atoms with E-state index < -0.39 is 41.9 Å². The SMILES string of the molecule is NC(CCOc1ccc(N(C(=O)C=O)C2CN(C(C(=O)O)c3cccs3)C2=O)cc1)C(=O)O. The minimum absolute atomic E-state index is 0.0547. The summed E-state index contributed by atoms with van der Waals surface area (Å²) in [7, 11) is 0. The number of hydrogen-bond acceptors (Lipinski definition) is 8. The smallest absolute Gasteiger partial charge is 0.331 e. The van der Waals surface area contributed by atoms with E-state index in [9.17, 15) is 29.1 Å². The number of β-lactam (4-membered cyclic amide) rings is 1. The van der Waals surface area contributed by atoms with Crippen LogP contribution in [-0.2, 0) is 24.0 Å². The lowest BCUT2D eigenvalue weighted by molar-refractivity contribution is -0.158. The number of likely N-dealkylation sites (tertiary alicyclic amines) is 1. The van der Waals surface area contributed by atoms with Crippen molar-refractivity contribution in [3.63, 3.8) is 0 Å². The summed E-state index contributed by atoms with van der Waals surface area (Å²) in [4.78, 5) is 61.5. The molecule has 1 saturated heterocycles. The van der Waals surface area contributed by atoms with Crippen molar-refractivity contribution in [2.75, 3.05) is 18.1 Å². The molecule has 2 aromatic rings. The van der Waals surface area contributed by atoms with Crippen LogP contribution in [0.2, 0.25) is 0 Å². The van der Waals surface area contributed by atoms with Crippen molar-refractivity contribution in [1.29, 1.82) is 0 Å². The molecular formula is C21H21N3O8S. The normalized spacial score (nSPS) is 16.9. The highest BCUT2D eigenvalue weighted by molar-refractivity contribution is 7.10. The minimum Gasteiger partial charge on any atom is -0.494 e. The second-order valence-corrected chi connectivity index (χ2v) is 8.14. The molecule has 1 aromatic carbocycles. The Bertz CT molecular complexity index is 1040. The van der Waals surface area contributed by atoms with Crippen LogP contribution in [0.15, 0.2) is 41.8 Å². The Hall–Kier alpha value is -3.77. The maximum absolute atomic E-state index is 12.8. The van der Waals surface area contributed by atoms with Gasteiger partial charge in [0.25, 0.3) is 5.91 Å². The number of carbonyl (C=O) groups is 5. The summed E-state index contributed by atoms with van der Waals surface area (Å²) in [5.74, 6) is -3.49. The van der Waals surface area contributed by atoms with Crippen molar-refractivity contribution in [2.45, 2.75) is 24.5 Å². The number of benzene rings is 1. The van der Waals surface area contributed by atoms with Crippen molar-refractivity contribution in [2.24, 2.45) is 5.73 Å². The van der Waals surface area contributed by atoms with E-state index in [-0.39, 0.29) is 31.5 Å². The summed E-state index contributed by atoms with van der Waals surface area (Å²) in [5, 5.41) is 20.1. The van der Waals surface area contributed by atoms with Crippen molar-refractivity contribution in [1.82, 2.24) is 4.90 Å². The van der Waals surface area contributed by atoms with Gasteiger partial charge in [-0.3, -0.25) is 24.1 Å². The van der Waals surface area contributed by atoms with E-state index in [1.807, 2.05) is 0 Å². The van der Waals surface area contributed by atoms with Crippen molar-refractivity contribution in [3.05, 3.63) is 46.7 Å². The molecule has 3 atom stereocenters. The van der Waals surface area contributed by atoms with Gasteiger partial charge in [0.05, 0.1) is 13.2 Å². The predicted molar refractivity (Wildman–Crippen MR) is 116 cm³/mol. The van der Waals surface area contributed by atoms with Gasteiger partial charge in [-0.15, -0.1) is 11.3 Å². The molecule has 2 amide bonds. The van der Waals surface area contributed by atoms with Crippen LogP contribution >= 0.6 is 11.3 Å². The summed E-state index contributed by atoms with van der Waals surface area (Å²) in [6.45, 7) is -0.00221. The second-order valence-electron chi connectivity index (χ2n) is 7.16. The van der Waals surface area contributed by atoms with E-state index in [4.69, 9.17) is 15.6 Å². The summed E-state index contributed by atoms with van der Waals surface area (Å²) in [5.41, 5.74) is 5.67. The van der Waals surface area contributed by atoms with Gasteiger partial charge in [0.2, 0.25) is 12.2 Å². The molecule has 2 heterocycles. The van der Waals surface area contributed by atoms with Gasteiger partial charge in [0.1, 0.15) is 17.8 Å². The number of carboxylic acids is 2. The quantitative estimate of drug-likeness (QED) is 0.238. The highest BCUT2D eigenvalue weighted by atomic mass is 32.1. The lowest BCUT2D eigenvalue weighted by atomic mass is 10.00. The molecule has 0 saturated carbocycles. The van der Waals surface area contributed by atoms with Gasteiger partial charge in [-0.2, -0.15) is 0 Å². The minimum atomic E-state index is -1.19. The third kappa shape index (κ3) is 5.18. The maximum atomic E-state index is 12.8. The van der Waals surface area contributed by atoms with Gasteiger partial charge in [0.15, 0.2) is 6.04 Å². The van der Waals surface area contributed by atoms with Gasteiger partial charge in [-0.05, 0) is 35.7 Å². The fourth-order valence-corrected chi connectivity index (χ4v) is 4.19. The number of rotatable bonds is 11. The van der Waals surface area contributed by atoms with E-state index in [1.165, 1.54) is 35.6 Å². The van der Waals surface area contributed by atoms with Crippen LogP contribution in [0.5, 0.6) is 5.75 Å². The first-order valence-corrected chi connectivity index (χ1v) is 10.7. The monoisotopic (exact) mass is 475 g/mol. The summed E-state index contributed by atoms with van der Waals surface area (Å²) in [6, 6.07) is 5.98. The van der Waals surface area contributed by atoms with E-state index in [2.05, 4.69) is 0 Å². The Balaban J connectivity index is 1.71. The standard InChI is InChI=1S/C21H21N3O8S/c22-14(20(28)29)7-8-32-13-5-3-12(4-6-13)24(17(26)11-25)15-10-23(19(15)27)18(21(30)31)16-2-1-9-33-16/h1-6,9,11,14-15,18H,7-8,10,22H2,(H,28,29)(H,30,31). The highest BCUT2D eigenvalue weighted by Crippen LogP contribution is 2.34. The Morgan fingerprint density at radius 2 is 1.91 bits per heavy atom. The number of nitrogens with two attached hydrogens (primary N) is 1. The molecule has 0 spiro atoms. The van der Waals surface area contributed by atoms with Crippen molar-refractivity contribution >= 4 is 47.1 Å². The molecule has 174 valence electrons. The molecule has 4 N–H and O–H groups in total. The fraction of sp³-hybridized carbons (Fsp3) is 0.286. The largest absolute Gasteiger partial charge is 0.494 e. The molecule has 1 aliphatic rings. The predicted octanol–water partition coefficient (Wildman–Crippen LogP) is 0.498. The fourth-order valence-electron chi connectivity index (χ4n) is 3.36. The van der Waals surface area contributed by atoms with Crippen molar-refractivity contribution in [3.8, 4) is 5.75 Å². The Kier molecular flexibility index (Phi) is 7.41. The van der Waals surface area contributed by atoms with Gasteiger partial charge in [-0.1, -0.05) is 6.07 Å². The number of thiophene rings is 1. The zero-order valence-corrected chi connectivity index (χ0v) is 18.0. The van der Waals surface area contributed by atoms with E-state index in [1.54, 1.807) is 17.5 Å². The van der Waals surface area contributed by atoms with Crippen LogP contribution in [0.4, 0.5) is 5.69 Å². The number of anilines is 1. The van der Waals surface area contributed by atoms with Crippen LogP contribution in [-0.4, -0.2) is 70.4 Å². The summed E-state index contributed by atoms with van der Waals surface area (Å²) >= 11 is 1.20. The molecule has 0 bridgehead atoms. The average molecular weight is 475 g/mol. The third-order valence-electron chi connectivity index (χ3n) is 5.08. The molecule has 3 unspecified atom stereocenters. The molecular weight excluding hydrogens is 454 g/mol. The molecule has 1 aliphatic heterocycles.